The van der Waals surface area contributed by atoms with E-state index in [0.29, 0.717) is 0 Å². The molecule has 1 amide bonds. The van der Waals surface area contributed by atoms with E-state index in [1.807, 2.05) is 17.0 Å². The molecule has 0 aliphatic carbocycles. The van der Waals surface area contributed by atoms with Crippen molar-refractivity contribution in [3.8, 4) is 0 Å². The highest BCUT2D eigenvalue weighted by Crippen LogP contribution is 2.24. The Morgan fingerprint density at radius 3 is 2.52 bits per heavy atom. The van der Waals surface area contributed by atoms with Crippen molar-refractivity contribution in [2.75, 3.05) is 32.7 Å². The number of aromatic nitrogens is 1. The monoisotopic (exact) mass is 389 g/mol. The van der Waals surface area contributed by atoms with E-state index in [1.165, 1.54) is 39.7 Å². The number of carbonyl (C=O) groups excluding carboxylic acids is 1. The molecule has 4 nitrogen and oxygen atoms in total. The normalized spacial score (nSPS) is 15.2. The Labute approximate surface area is 173 Å². The molecule has 2 heterocycles. The van der Waals surface area contributed by atoms with E-state index in [-0.39, 0.29) is 5.91 Å². The Balaban J connectivity index is 1.47. The number of fused-ring (bicyclic) bond motifs is 1. The summed E-state index contributed by atoms with van der Waals surface area (Å²) in [5.74, 6) is 0.163. The van der Waals surface area contributed by atoms with E-state index in [4.69, 9.17) is 0 Å². The second kappa shape index (κ2) is 8.42. The Hall–Kier alpha value is -2.59. The number of hydrogen-bond acceptors (Lipinski definition) is 2. The number of piperazine rings is 1. The minimum atomic E-state index is 0.163. The van der Waals surface area contributed by atoms with Crippen LogP contribution in [0.15, 0.2) is 42.5 Å². The predicted molar refractivity (Wildman–Crippen MR) is 120 cm³/mol. The molecule has 0 unspecified atom stereocenters. The summed E-state index contributed by atoms with van der Waals surface area (Å²) in [6.07, 6.45) is 2.01. The molecule has 0 bridgehead atoms. The minimum Gasteiger partial charge on any atom is -0.358 e. The van der Waals surface area contributed by atoms with Crippen LogP contribution in [0.2, 0.25) is 0 Å². The van der Waals surface area contributed by atoms with Crippen LogP contribution in [-0.2, 0) is 6.42 Å². The summed E-state index contributed by atoms with van der Waals surface area (Å²) in [5, 5.41) is 1.29. The predicted octanol–water partition coefficient (Wildman–Crippen LogP) is 4.54. The topological polar surface area (TPSA) is 39.3 Å². The molecule has 2 aromatic carbocycles. The number of carbonyl (C=O) groups is 1. The van der Waals surface area contributed by atoms with Gasteiger partial charge in [0.05, 0.1) is 0 Å². The summed E-state index contributed by atoms with van der Waals surface area (Å²) in [5.41, 5.74) is 7.00. The van der Waals surface area contributed by atoms with Crippen LogP contribution < -0.4 is 0 Å². The van der Waals surface area contributed by atoms with Gasteiger partial charge in [0.25, 0.3) is 5.91 Å². The lowest BCUT2D eigenvalue weighted by Crippen LogP contribution is -2.48. The van der Waals surface area contributed by atoms with E-state index >= 15 is 0 Å². The SMILES string of the molecule is CCCN1CCN(C(=O)c2cccc(Cc3ccc4[nH]c(C)c(C)c4c3)c2)CC1. The van der Waals surface area contributed by atoms with Gasteiger partial charge >= 0.3 is 0 Å². The maximum absolute atomic E-state index is 13.0. The quantitative estimate of drug-likeness (QED) is 0.696. The zero-order valence-corrected chi connectivity index (χ0v) is 17.8. The number of amides is 1. The van der Waals surface area contributed by atoms with E-state index in [9.17, 15) is 4.79 Å². The van der Waals surface area contributed by atoms with Crippen LogP contribution in [0, 0.1) is 13.8 Å². The largest absolute Gasteiger partial charge is 0.358 e. The Kier molecular flexibility index (Phi) is 5.72. The van der Waals surface area contributed by atoms with Crippen molar-refractivity contribution in [3.05, 3.63) is 70.4 Å². The number of aromatic amines is 1. The Morgan fingerprint density at radius 2 is 1.76 bits per heavy atom. The number of aryl methyl sites for hydroxylation is 2. The van der Waals surface area contributed by atoms with E-state index in [0.717, 1.165) is 44.7 Å². The average molecular weight is 390 g/mol. The van der Waals surface area contributed by atoms with Crippen LogP contribution in [0.5, 0.6) is 0 Å². The molecule has 1 aliphatic rings. The first-order chi connectivity index (χ1) is 14.0. The molecule has 4 heteroatoms. The minimum absolute atomic E-state index is 0.163. The summed E-state index contributed by atoms with van der Waals surface area (Å²) in [6, 6.07) is 14.8. The highest BCUT2D eigenvalue weighted by Gasteiger charge is 2.21. The second-order valence-electron chi connectivity index (χ2n) is 8.27. The third-order valence-corrected chi connectivity index (χ3v) is 6.15. The fourth-order valence-electron chi connectivity index (χ4n) is 4.34. The summed E-state index contributed by atoms with van der Waals surface area (Å²) >= 11 is 0. The Morgan fingerprint density at radius 1 is 1.00 bits per heavy atom. The smallest absolute Gasteiger partial charge is 0.253 e. The highest BCUT2D eigenvalue weighted by atomic mass is 16.2. The van der Waals surface area contributed by atoms with E-state index in [2.05, 4.69) is 61.0 Å². The van der Waals surface area contributed by atoms with Crippen LogP contribution in [0.4, 0.5) is 0 Å². The molecule has 1 aromatic heterocycles. The number of rotatable bonds is 5. The van der Waals surface area contributed by atoms with Crippen LogP contribution in [0.25, 0.3) is 10.9 Å². The Bertz CT molecular complexity index is 1010. The number of nitrogens with one attached hydrogen (secondary N) is 1. The molecule has 152 valence electrons. The fraction of sp³-hybridized carbons (Fsp3) is 0.400. The fourth-order valence-corrected chi connectivity index (χ4v) is 4.34. The molecule has 29 heavy (non-hydrogen) atoms. The molecule has 0 saturated carbocycles. The molecule has 0 radical (unpaired) electrons. The molecule has 1 N–H and O–H groups in total. The summed E-state index contributed by atoms with van der Waals surface area (Å²) < 4.78 is 0. The summed E-state index contributed by atoms with van der Waals surface area (Å²) in [4.78, 5) is 20.9. The number of benzene rings is 2. The first-order valence-corrected chi connectivity index (χ1v) is 10.7. The average Bonchev–Trinajstić information content (AvgIpc) is 3.02. The molecule has 4 rings (SSSR count). The van der Waals surface area contributed by atoms with Gasteiger partial charge in [-0.2, -0.15) is 0 Å². The lowest BCUT2D eigenvalue weighted by molar-refractivity contribution is 0.0637. The molecule has 1 saturated heterocycles. The number of hydrogen-bond donors (Lipinski definition) is 1. The second-order valence-corrected chi connectivity index (χ2v) is 8.27. The van der Waals surface area contributed by atoms with Crippen LogP contribution in [0.1, 0.15) is 46.1 Å². The maximum Gasteiger partial charge on any atom is 0.253 e. The first kappa shape index (κ1) is 19.7. The van der Waals surface area contributed by atoms with Gasteiger partial charge in [-0.05, 0) is 74.2 Å². The lowest BCUT2D eigenvalue weighted by Gasteiger charge is -2.34. The number of H-pyrrole nitrogens is 1. The zero-order valence-electron chi connectivity index (χ0n) is 17.8. The van der Waals surface area contributed by atoms with Gasteiger partial charge in [-0.3, -0.25) is 9.69 Å². The molecule has 0 atom stereocenters. The van der Waals surface area contributed by atoms with E-state index < -0.39 is 0 Å². The lowest BCUT2D eigenvalue weighted by atomic mass is 10.0. The van der Waals surface area contributed by atoms with Gasteiger partial charge in [-0.15, -0.1) is 0 Å². The van der Waals surface area contributed by atoms with Gasteiger partial charge in [-0.25, -0.2) is 0 Å². The van der Waals surface area contributed by atoms with Crippen LogP contribution >= 0.6 is 0 Å². The van der Waals surface area contributed by atoms with Gasteiger partial charge < -0.3 is 9.88 Å². The van der Waals surface area contributed by atoms with Crippen molar-refractivity contribution in [3.63, 3.8) is 0 Å². The van der Waals surface area contributed by atoms with Gasteiger partial charge in [-0.1, -0.05) is 25.1 Å². The van der Waals surface area contributed by atoms with Crippen molar-refractivity contribution in [1.29, 1.82) is 0 Å². The summed E-state index contributed by atoms with van der Waals surface area (Å²) in [6.45, 7) is 11.2. The molecule has 1 aliphatic heterocycles. The highest BCUT2D eigenvalue weighted by molar-refractivity contribution is 5.94. The first-order valence-electron chi connectivity index (χ1n) is 10.7. The van der Waals surface area contributed by atoms with Gasteiger partial charge in [0, 0.05) is 48.3 Å². The standard InChI is InChI=1S/C25H31N3O/c1-4-10-27-11-13-28(14-12-27)25(29)22-7-5-6-20(16-22)15-21-8-9-24-23(17-21)18(2)19(3)26-24/h5-9,16-17,26H,4,10-15H2,1-3H3. The molecule has 0 spiro atoms. The van der Waals surface area contributed by atoms with Crippen LogP contribution in [0.3, 0.4) is 0 Å². The van der Waals surface area contributed by atoms with Crippen molar-refractivity contribution < 1.29 is 4.79 Å². The molecular weight excluding hydrogens is 358 g/mol. The van der Waals surface area contributed by atoms with Crippen molar-refractivity contribution in [2.24, 2.45) is 0 Å². The van der Waals surface area contributed by atoms with Gasteiger partial charge in [0.1, 0.15) is 0 Å². The zero-order chi connectivity index (χ0) is 20.4. The van der Waals surface area contributed by atoms with Crippen molar-refractivity contribution >= 4 is 16.8 Å². The third-order valence-electron chi connectivity index (χ3n) is 6.15. The molecular formula is C25H31N3O. The van der Waals surface area contributed by atoms with Crippen molar-refractivity contribution in [1.82, 2.24) is 14.8 Å². The van der Waals surface area contributed by atoms with Gasteiger partial charge in [0.2, 0.25) is 0 Å². The molecule has 1 fully saturated rings. The van der Waals surface area contributed by atoms with E-state index in [1.54, 1.807) is 0 Å². The van der Waals surface area contributed by atoms with Crippen LogP contribution in [-0.4, -0.2) is 53.4 Å². The van der Waals surface area contributed by atoms with Gasteiger partial charge in [0.15, 0.2) is 0 Å². The maximum atomic E-state index is 13.0. The number of nitrogens with zero attached hydrogens (tertiary/aromatic N) is 2. The third kappa shape index (κ3) is 4.23. The van der Waals surface area contributed by atoms with Crippen molar-refractivity contribution in [2.45, 2.75) is 33.6 Å². The summed E-state index contributed by atoms with van der Waals surface area (Å²) in [7, 11) is 0. The molecule has 3 aromatic rings.